The monoisotopic (exact) mass is 251 g/mol. The third kappa shape index (κ3) is 4.25. The third-order valence-corrected chi connectivity index (χ3v) is 2.57. The number of nitrogens with two attached hydrogens (primary N) is 1. The van der Waals surface area contributed by atoms with Crippen LogP contribution in [0.25, 0.3) is 0 Å². The van der Waals surface area contributed by atoms with E-state index in [9.17, 15) is 0 Å². The zero-order valence-electron chi connectivity index (χ0n) is 11.1. The first-order chi connectivity index (χ1) is 8.54. The topological polar surface area (TPSA) is 71.1 Å². The molecule has 0 saturated carbocycles. The summed E-state index contributed by atoms with van der Waals surface area (Å²) in [6, 6.07) is 7.54. The van der Waals surface area contributed by atoms with E-state index in [0.29, 0.717) is 12.2 Å². The molecule has 0 aliphatic rings. The second-order valence-corrected chi connectivity index (χ2v) is 4.38. The Balaban J connectivity index is 2.65. The highest BCUT2D eigenvalue weighted by Gasteiger charge is 2.05. The molecule has 1 rings (SSSR count). The van der Waals surface area contributed by atoms with Crippen LogP contribution in [-0.4, -0.2) is 37.3 Å². The molecule has 18 heavy (non-hydrogen) atoms. The van der Waals surface area contributed by atoms with Gasteiger partial charge in [0.05, 0.1) is 12.7 Å². The van der Waals surface area contributed by atoms with Gasteiger partial charge < -0.3 is 20.6 Å². The highest BCUT2D eigenvalue weighted by molar-refractivity contribution is 5.97. The van der Waals surface area contributed by atoms with Crippen LogP contribution in [0.2, 0.25) is 0 Å². The maximum absolute atomic E-state index is 8.65. The van der Waals surface area contributed by atoms with Gasteiger partial charge in [0.1, 0.15) is 0 Å². The molecule has 0 unspecified atom stereocenters. The first-order valence-electron chi connectivity index (χ1n) is 5.95. The highest BCUT2D eigenvalue weighted by Crippen LogP contribution is 2.14. The van der Waals surface area contributed by atoms with Crippen LogP contribution in [0.4, 0.5) is 5.69 Å². The Morgan fingerprint density at radius 1 is 1.50 bits per heavy atom. The first kappa shape index (κ1) is 14.3. The van der Waals surface area contributed by atoms with Gasteiger partial charge in [0, 0.05) is 24.8 Å². The standard InChI is InChI=1S/C13H21N3O2/c1-10(2)18-8-7-16(3)12-6-4-5-11(9-12)13(14)15-17/h4-6,9-10,17H,7-8H2,1-3H3,(H2,14,15). The summed E-state index contributed by atoms with van der Waals surface area (Å²) in [5, 5.41) is 11.6. The fourth-order valence-corrected chi connectivity index (χ4v) is 1.51. The SMILES string of the molecule is CC(C)OCCN(C)c1cccc(C(N)=NO)c1. The molecule has 1 aromatic rings. The maximum Gasteiger partial charge on any atom is 0.170 e. The minimum absolute atomic E-state index is 0.115. The van der Waals surface area contributed by atoms with Crippen molar-refractivity contribution in [3.63, 3.8) is 0 Å². The van der Waals surface area contributed by atoms with Crippen LogP contribution in [0.3, 0.4) is 0 Å². The molecule has 0 atom stereocenters. The first-order valence-corrected chi connectivity index (χ1v) is 5.95. The molecule has 0 heterocycles. The molecule has 0 aliphatic heterocycles. The summed E-state index contributed by atoms with van der Waals surface area (Å²) >= 11 is 0. The second kappa shape index (κ2) is 6.86. The quantitative estimate of drug-likeness (QED) is 0.349. The Morgan fingerprint density at radius 3 is 2.83 bits per heavy atom. The Hall–Kier alpha value is -1.75. The predicted octanol–water partition coefficient (Wildman–Crippen LogP) is 1.64. The van der Waals surface area contributed by atoms with Crippen LogP contribution in [0.1, 0.15) is 19.4 Å². The van der Waals surface area contributed by atoms with Crippen molar-refractivity contribution in [1.29, 1.82) is 0 Å². The van der Waals surface area contributed by atoms with Crippen LogP contribution in [0.5, 0.6) is 0 Å². The Morgan fingerprint density at radius 2 is 2.22 bits per heavy atom. The fraction of sp³-hybridized carbons (Fsp3) is 0.462. The number of hydrogen-bond acceptors (Lipinski definition) is 4. The van der Waals surface area contributed by atoms with Crippen molar-refractivity contribution in [3.8, 4) is 0 Å². The van der Waals surface area contributed by atoms with Crippen LogP contribution in [0.15, 0.2) is 29.4 Å². The number of oxime groups is 1. The average Bonchev–Trinajstić information content (AvgIpc) is 2.37. The number of amidine groups is 1. The lowest BCUT2D eigenvalue weighted by molar-refractivity contribution is 0.0846. The van der Waals surface area contributed by atoms with E-state index in [2.05, 4.69) is 10.1 Å². The van der Waals surface area contributed by atoms with Crippen LogP contribution in [-0.2, 0) is 4.74 Å². The number of nitrogens with zero attached hydrogens (tertiary/aromatic N) is 2. The summed E-state index contributed by atoms with van der Waals surface area (Å²) in [6.45, 7) is 5.48. The zero-order chi connectivity index (χ0) is 13.5. The third-order valence-electron chi connectivity index (χ3n) is 2.57. The predicted molar refractivity (Wildman–Crippen MR) is 73.3 cm³/mol. The van der Waals surface area contributed by atoms with E-state index >= 15 is 0 Å². The van der Waals surface area contributed by atoms with Gasteiger partial charge in [0.2, 0.25) is 0 Å². The number of benzene rings is 1. The van der Waals surface area contributed by atoms with Gasteiger partial charge in [-0.3, -0.25) is 0 Å². The van der Waals surface area contributed by atoms with Gasteiger partial charge >= 0.3 is 0 Å². The zero-order valence-corrected chi connectivity index (χ0v) is 11.1. The van der Waals surface area contributed by atoms with E-state index in [0.717, 1.165) is 12.2 Å². The van der Waals surface area contributed by atoms with Gasteiger partial charge in [-0.15, -0.1) is 0 Å². The Kier molecular flexibility index (Phi) is 5.45. The number of hydrogen-bond donors (Lipinski definition) is 2. The molecule has 100 valence electrons. The second-order valence-electron chi connectivity index (χ2n) is 4.38. The summed E-state index contributed by atoms with van der Waals surface area (Å²) in [6.07, 6.45) is 0.238. The maximum atomic E-state index is 8.65. The lowest BCUT2D eigenvalue weighted by Crippen LogP contribution is -2.24. The van der Waals surface area contributed by atoms with Crippen molar-refractivity contribution >= 4 is 11.5 Å². The van der Waals surface area contributed by atoms with Crippen molar-refractivity contribution in [2.45, 2.75) is 20.0 Å². The van der Waals surface area contributed by atoms with Crippen molar-refractivity contribution in [2.75, 3.05) is 25.1 Å². The van der Waals surface area contributed by atoms with Crippen molar-refractivity contribution in [3.05, 3.63) is 29.8 Å². The molecule has 0 radical (unpaired) electrons. The average molecular weight is 251 g/mol. The summed E-state index contributed by atoms with van der Waals surface area (Å²) in [7, 11) is 1.98. The van der Waals surface area contributed by atoms with Crippen molar-refractivity contribution < 1.29 is 9.94 Å². The molecular formula is C13H21N3O2. The van der Waals surface area contributed by atoms with Crippen molar-refractivity contribution in [1.82, 2.24) is 0 Å². The molecule has 0 saturated heterocycles. The number of ether oxygens (including phenoxy) is 1. The Labute approximate surface area is 108 Å². The minimum atomic E-state index is 0.115. The molecule has 0 fully saturated rings. The Bertz CT molecular complexity index is 405. The molecule has 0 spiro atoms. The molecule has 0 amide bonds. The molecule has 1 aromatic carbocycles. The summed E-state index contributed by atoms with van der Waals surface area (Å²) < 4.78 is 5.50. The van der Waals surface area contributed by atoms with E-state index in [-0.39, 0.29) is 11.9 Å². The normalized spacial score (nSPS) is 11.9. The highest BCUT2D eigenvalue weighted by atomic mass is 16.5. The van der Waals surface area contributed by atoms with Gasteiger partial charge in [-0.1, -0.05) is 17.3 Å². The lowest BCUT2D eigenvalue weighted by atomic mass is 10.2. The van der Waals surface area contributed by atoms with Gasteiger partial charge in [-0.2, -0.15) is 0 Å². The van der Waals surface area contributed by atoms with Crippen LogP contribution in [0, 0.1) is 0 Å². The summed E-state index contributed by atoms with van der Waals surface area (Å²) in [5.41, 5.74) is 7.27. The number of rotatable bonds is 6. The smallest absolute Gasteiger partial charge is 0.170 e. The largest absolute Gasteiger partial charge is 0.409 e. The van der Waals surface area contributed by atoms with Crippen LogP contribution < -0.4 is 10.6 Å². The lowest BCUT2D eigenvalue weighted by Gasteiger charge is -2.20. The van der Waals surface area contributed by atoms with E-state index in [1.165, 1.54) is 0 Å². The van der Waals surface area contributed by atoms with Gasteiger partial charge in [-0.05, 0) is 26.0 Å². The van der Waals surface area contributed by atoms with Gasteiger partial charge in [-0.25, -0.2) is 0 Å². The van der Waals surface area contributed by atoms with E-state index in [1.807, 2.05) is 39.1 Å². The molecule has 0 bridgehead atoms. The van der Waals surface area contributed by atoms with E-state index in [4.69, 9.17) is 15.7 Å². The summed E-state index contributed by atoms with van der Waals surface area (Å²) in [5.74, 6) is 0.115. The molecule has 5 heteroatoms. The molecule has 3 N–H and O–H groups in total. The fourth-order valence-electron chi connectivity index (χ4n) is 1.51. The molecule has 5 nitrogen and oxygen atoms in total. The van der Waals surface area contributed by atoms with E-state index < -0.39 is 0 Å². The molecular weight excluding hydrogens is 230 g/mol. The summed E-state index contributed by atoms with van der Waals surface area (Å²) in [4.78, 5) is 2.07. The molecule has 0 aliphatic carbocycles. The van der Waals surface area contributed by atoms with Gasteiger partial charge in [0.25, 0.3) is 0 Å². The number of likely N-dealkylation sites (N-methyl/N-ethyl adjacent to an activating group) is 1. The number of anilines is 1. The van der Waals surface area contributed by atoms with E-state index in [1.54, 1.807) is 6.07 Å². The minimum Gasteiger partial charge on any atom is -0.409 e. The van der Waals surface area contributed by atoms with Crippen LogP contribution >= 0.6 is 0 Å². The van der Waals surface area contributed by atoms with Gasteiger partial charge in [0.15, 0.2) is 5.84 Å². The van der Waals surface area contributed by atoms with Crippen molar-refractivity contribution in [2.24, 2.45) is 10.9 Å². The molecule has 0 aromatic heterocycles.